The third-order valence-corrected chi connectivity index (χ3v) is 3.24. The summed E-state index contributed by atoms with van der Waals surface area (Å²) in [6, 6.07) is 0. The number of alkyl halides is 3. The summed E-state index contributed by atoms with van der Waals surface area (Å²) in [7, 11) is 0. The van der Waals surface area contributed by atoms with E-state index in [0.717, 1.165) is 5.56 Å². The lowest BCUT2D eigenvalue weighted by Gasteiger charge is -2.08. The fourth-order valence-electron chi connectivity index (χ4n) is 1.57. The molecule has 0 bridgehead atoms. The van der Waals surface area contributed by atoms with Crippen LogP contribution in [0.25, 0.3) is 0 Å². The molecule has 1 aliphatic rings. The van der Waals surface area contributed by atoms with E-state index in [-0.39, 0.29) is 0 Å². The molecule has 0 atom stereocenters. The van der Waals surface area contributed by atoms with Gasteiger partial charge in [0.2, 0.25) is 0 Å². The molecule has 0 aromatic carbocycles. The summed E-state index contributed by atoms with van der Waals surface area (Å²) in [5.41, 5.74) is 2.28. The smallest absolute Gasteiger partial charge is 0.305 e. The second-order valence-electron chi connectivity index (χ2n) is 3.85. The molecule has 0 aliphatic heterocycles. The van der Waals surface area contributed by atoms with Crippen LogP contribution in [0.2, 0.25) is 0 Å². The summed E-state index contributed by atoms with van der Waals surface area (Å²) in [6.07, 6.45) is -1.75. The van der Waals surface area contributed by atoms with Gasteiger partial charge >= 0.3 is 6.18 Å². The van der Waals surface area contributed by atoms with Crippen molar-refractivity contribution in [2.45, 2.75) is 31.5 Å². The Hall–Kier alpha value is -0.550. The zero-order valence-electron chi connectivity index (χ0n) is 8.10. The Bertz CT molecular complexity index is 328. The second-order valence-corrected chi connectivity index (χ2v) is 4.59. The summed E-state index contributed by atoms with van der Waals surface area (Å²) in [4.78, 5) is 0. The molecule has 0 saturated heterocycles. The van der Waals surface area contributed by atoms with Gasteiger partial charge in [0.05, 0.1) is 6.54 Å². The summed E-state index contributed by atoms with van der Waals surface area (Å²) < 4.78 is 35.7. The SMILES string of the molecule is FC(F)(F)CNCc1cscc1C1CC1. The van der Waals surface area contributed by atoms with Crippen LogP contribution in [0, 0.1) is 0 Å². The van der Waals surface area contributed by atoms with Crippen molar-refractivity contribution in [3.8, 4) is 0 Å². The standard InChI is InChI=1S/C10H12F3NS/c11-10(12,13)6-14-3-8-4-15-5-9(8)7-1-2-7/h4-5,7,14H,1-3,6H2. The number of hydrogen-bond donors (Lipinski definition) is 1. The van der Waals surface area contributed by atoms with Gasteiger partial charge in [-0.05, 0) is 40.6 Å². The monoisotopic (exact) mass is 235 g/mol. The lowest BCUT2D eigenvalue weighted by Crippen LogP contribution is -2.28. The Morgan fingerprint density at radius 2 is 2.07 bits per heavy atom. The van der Waals surface area contributed by atoms with Crippen LogP contribution in [0.15, 0.2) is 10.8 Å². The van der Waals surface area contributed by atoms with Crippen molar-refractivity contribution >= 4 is 11.3 Å². The first kappa shape index (κ1) is 11.0. The van der Waals surface area contributed by atoms with Gasteiger partial charge in [-0.2, -0.15) is 24.5 Å². The first-order valence-corrected chi connectivity index (χ1v) is 5.83. The number of nitrogens with one attached hydrogen (secondary N) is 1. The van der Waals surface area contributed by atoms with Gasteiger partial charge in [-0.15, -0.1) is 0 Å². The number of hydrogen-bond acceptors (Lipinski definition) is 2. The molecule has 1 aromatic heterocycles. The zero-order valence-corrected chi connectivity index (χ0v) is 8.92. The van der Waals surface area contributed by atoms with E-state index in [4.69, 9.17) is 0 Å². The quantitative estimate of drug-likeness (QED) is 0.844. The van der Waals surface area contributed by atoms with E-state index in [9.17, 15) is 13.2 Å². The van der Waals surface area contributed by atoms with Crippen molar-refractivity contribution in [3.05, 3.63) is 21.9 Å². The second kappa shape index (κ2) is 4.14. The van der Waals surface area contributed by atoms with E-state index in [0.29, 0.717) is 12.5 Å². The number of halogens is 3. The van der Waals surface area contributed by atoms with Crippen molar-refractivity contribution in [2.75, 3.05) is 6.54 Å². The molecule has 1 aliphatic carbocycles. The van der Waals surface area contributed by atoms with E-state index in [1.54, 1.807) is 11.3 Å². The summed E-state index contributed by atoms with van der Waals surface area (Å²) in [5, 5.41) is 6.43. The molecule has 5 heteroatoms. The first-order valence-electron chi connectivity index (χ1n) is 4.89. The third-order valence-electron chi connectivity index (χ3n) is 2.43. The molecule has 1 N–H and O–H groups in total. The normalized spacial score (nSPS) is 17.0. The van der Waals surface area contributed by atoms with Crippen molar-refractivity contribution in [3.63, 3.8) is 0 Å². The lowest BCUT2D eigenvalue weighted by molar-refractivity contribution is -0.125. The Morgan fingerprint density at radius 3 is 2.67 bits per heavy atom. The van der Waals surface area contributed by atoms with Gasteiger partial charge in [0, 0.05) is 6.54 Å². The molecular weight excluding hydrogens is 223 g/mol. The maximum absolute atomic E-state index is 11.9. The summed E-state index contributed by atoms with van der Waals surface area (Å²) >= 11 is 1.57. The minimum absolute atomic E-state index is 0.328. The van der Waals surface area contributed by atoms with Gasteiger partial charge in [-0.1, -0.05) is 0 Å². The zero-order chi connectivity index (χ0) is 10.9. The maximum Gasteiger partial charge on any atom is 0.401 e. The van der Waals surface area contributed by atoms with Crippen LogP contribution in [0.3, 0.4) is 0 Å². The molecule has 0 spiro atoms. The fourth-order valence-corrected chi connectivity index (χ4v) is 2.51. The van der Waals surface area contributed by atoms with Crippen molar-refractivity contribution in [1.82, 2.24) is 5.32 Å². The molecule has 0 amide bonds. The van der Waals surface area contributed by atoms with E-state index in [1.165, 1.54) is 18.4 Å². The molecule has 1 fully saturated rings. The van der Waals surface area contributed by atoms with Crippen LogP contribution in [-0.2, 0) is 6.54 Å². The topological polar surface area (TPSA) is 12.0 Å². The highest BCUT2D eigenvalue weighted by atomic mass is 32.1. The molecule has 2 rings (SSSR count). The molecule has 0 radical (unpaired) electrons. The third kappa shape index (κ3) is 3.21. The molecular formula is C10H12F3NS. The van der Waals surface area contributed by atoms with Crippen LogP contribution in [0.1, 0.15) is 29.9 Å². The number of rotatable bonds is 4. The lowest BCUT2D eigenvalue weighted by atomic mass is 10.1. The molecule has 1 heterocycles. The Labute approximate surface area is 90.3 Å². The fraction of sp³-hybridized carbons (Fsp3) is 0.600. The van der Waals surface area contributed by atoms with Crippen LogP contribution >= 0.6 is 11.3 Å². The molecule has 1 saturated carbocycles. The van der Waals surface area contributed by atoms with Crippen molar-refractivity contribution in [1.29, 1.82) is 0 Å². The van der Waals surface area contributed by atoms with Gasteiger partial charge in [-0.3, -0.25) is 0 Å². The predicted molar refractivity (Wildman–Crippen MR) is 54.1 cm³/mol. The van der Waals surface area contributed by atoms with Gasteiger partial charge in [0.1, 0.15) is 0 Å². The van der Waals surface area contributed by atoms with E-state index < -0.39 is 12.7 Å². The highest BCUT2D eigenvalue weighted by Crippen LogP contribution is 2.42. The highest BCUT2D eigenvalue weighted by molar-refractivity contribution is 7.08. The van der Waals surface area contributed by atoms with E-state index in [1.807, 2.05) is 5.38 Å². The minimum Gasteiger partial charge on any atom is -0.305 e. The van der Waals surface area contributed by atoms with Gasteiger partial charge in [0.15, 0.2) is 0 Å². The van der Waals surface area contributed by atoms with Gasteiger partial charge < -0.3 is 5.32 Å². The average Bonchev–Trinajstić information content (AvgIpc) is 2.86. The largest absolute Gasteiger partial charge is 0.401 e. The predicted octanol–water partition coefficient (Wildman–Crippen LogP) is 3.28. The molecule has 15 heavy (non-hydrogen) atoms. The minimum atomic E-state index is -4.12. The molecule has 1 nitrogen and oxygen atoms in total. The highest BCUT2D eigenvalue weighted by Gasteiger charge is 2.28. The van der Waals surface area contributed by atoms with Crippen LogP contribution < -0.4 is 5.32 Å². The van der Waals surface area contributed by atoms with E-state index >= 15 is 0 Å². The molecule has 0 unspecified atom stereocenters. The first-order chi connectivity index (χ1) is 7.06. The van der Waals surface area contributed by atoms with Crippen molar-refractivity contribution < 1.29 is 13.2 Å². The Balaban J connectivity index is 1.85. The maximum atomic E-state index is 11.9. The van der Waals surface area contributed by atoms with E-state index in [2.05, 4.69) is 10.7 Å². The van der Waals surface area contributed by atoms with Crippen LogP contribution in [0.4, 0.5) is 13.2 Å². The van der Waals surface area contributed by atoms with Gasteiger partial charge in [-0.25, -0.2) is 0 Å². The summed E-state index contributed by atoms with van der Waals surface area (Å²) in [5.74, 6) is 0.610. The Kier molecular flexibility index (Phi) is 3.02. The Morgan fingerprint density at radius 1 is 1.33 bits per heavy atom. The number of thiophene rings is 1. The summed E-state index contributed by atoms with van der Waals surface area (Å²) in [6.45, 7) is -0.582. The van der Waals surface area contributed by atoms with Crippen LogP contribution in [-0.4, -0.2) is 12.7 Å². The molecule has 1 aromatic rings. The van der Waals surface area contributed by atoms with Crippen LogP contribution in [0.5, 0.6) is 0 Å². The average molecular weight is 235 g/mol. The molecule has 84 valence electrons. The van der Waals surface area contributed by atoms with Crippen molar-refractivity contribution in [2.24, 2.45) is 0 Å². The van der Waals surface area contributed by atoms with Gasteiger partial charge in [0.25, 0.3) is 0 Å².